The molecule has 3 aromatic rings. The molecule has 2 aromatic heterocycles. The van der Waals surface area contributed by atoms with Gasteiger partial charge >= 0.3 is 0 Å². The Morgan fingerprint density at radius 1 is 1.23 bits per heavy atom. The number of amides is 1. The number of thiophene rings is 1. The Balaban J connectivity index is 1.18. The first-order valence-electron chi connectivity index (χ1n) is 10.4. The number of hydrogen-bond donors (Lipinski definition) is 1. The number of nitrogens with one attached hydrogen (secondary N) is 1. The predicted molar refractivity (Wildman–Crippen MR) is 120 cm³/mol. The van der Waals surface area contributed by atoms with E-state index in [1.54, 1.807) is 23.5 Å². The van der Waals surface area contributed by atoms with Gasteiger partial charge in [-0.25, -0.2) is 0 Å². The van der Waals surface area contributed by atoms with Gasteiger partial charge in [-0.1, -0.05) is 18.7 Å². The number of anilines is 1. The second-order valence-corrected chi connectivity index (χ2v) is 9.89. The van der Waals surface area contributed by atoms with Crippen molar-refractivity contribution in [1.29, 1.82) is 0 Å². The van der Waals surface area contributed by atoms with Crippen LogP contribution in [-0.2, 0) is 17.6 Å². The molecule has 0 spiro atoms. The van der Waals surface area contributed by atoms with E-state index >= 15 is 0 Å². The molecule has 0 bridgehead atoms. The monoisotopic (exact) mass is 457 g/mol. The molecule has 5 rings (SSSR count). The van der Waals surface area contributed by atoms with Crippen molar-refractivity contribution < 1.29 is 18.7 Å². The van der Waals surface area contributed by atoms with E-state index in [0.717, 1.165) is 30.1 Å². The Morgan fingerprint density at radius 2 is 2.10 bits per heavy atom. The van der Waals surface area contributed by atoms with Gasteiger partial charge < -0.3 is 19.2 Å². The molecule has 0 saturated carbocycles. The lowest BCUT2D eigenvalue weighted by molar-refractivity contribution is -0.113. The molecule has 0 radical (unpaired) electrons. The van der Waals surface area contributed by atoms with E-state index in [4.69, 9.17) is 13.9 Å². The topological polar surface area (TPSA) is 86.5 Å². The van der Waals surface area contributed by atoms with Crippen LogP contribution < -0.4 is 14.8 Å². The number of aromatic nitrogens is 2. The SMILES string of the molecule is CC1CCc2sc(-c3nnc(SCC(=O)Nc4ccc5c(c4)OCCCO5)o3)cc2C1. The molecule has 2 aliphatic rings. The van der Waals surface area contributed by atoms with E-state index in [1.165, 1.54) is 28.6 Å². The highest BCUT2D eigenvalue weighted by molar-refractivity contribution is 7.99. The molecule has 9 heteroatoms. The molecule has 1 aromatic carbocycles. The Morgan fingerprint density at radius 3 is 3.00 bits per heavy atom. The molecule has 1 atom stereocenters. The van der Waals surface area contributed by atoms with Crippen LogP contribution in [0.1, 0.15) is 30.2 Å². The van der Waals surface area contributed by atoms with Crippen LogP contribution in [-0.4, -0.2) is 35.1 Å². The van der Waals surface area contributed by atoms with E-state index in [-0.39, 0.29) is 11.7 Å². The molecule has 3 heterocycles. The van der Waals surface area contributed by atoms with Gasteiger partial charge in [-0.05, 0) is 48.9 Å². The molecule has 1 unspecified atom stereocenters. The Labute approximate surface area is 188 Å². The molecule has 31 heavy (non-hydrogen) atoms. The second-order valence-electron chi connectivity index (χ2n) is 7.83. The van der Waals surface area contributed by atoms with Crippen LogP contribution in [0.3, 0.4) is 0 Å². The van der Waals surface area contributed by atoms with E-state index < -0.39 is 0 Å². The highest BCUT2D eigenvalue weighted by atomic mass is 32.2. The number of benzene rings is 1. The van der Waals surface area contributed by atoms with Crippen molar-refractivity contribution in [3.63, 3.8) is 0 Å². The van der Waals surface area contributed by atoms with Crippen molar-refractivity contribution in [2.75, 3.05) is 24.3 Å². The van der Waals surface area contributed by atoms with Gasteiger partial charge in [-0.15, -0.1) is 21.5 Å². The minimum atomic E-state index is -0.153. The highest BCUT2D eigenvalue weighted by Gasteiger charge is 2.21. The summed E-state index contributed by atoms with van der Waals surface area (Å²) in [6.45, 7) is 3.53. The zero-order valence-electron chi connectivity index (χ0n) is 17.2. The van der Waals surface area contributed by atoms with Gasteiger partial charge in [0.05, 0.1) is 23.8 Å². The Hall–Kier alpha value is -2.52. The van der Waals surface area contributed by atoms with Crippen LogP contribution in [0.5, 0.6) is 11.5 Å². The first-order chi connectivity index (χ1) is 15.1. The first-order valence-corrected chi connectivity index (χ1v) is 12.2. The number of carbonyl (C=O) groups is 1. The van der Waals surface area contributed by atoms with Crippen molar-refractivity contribution >= 4 is 34.7 Å². The summed E-state index contributed by atoms with van der Waals surface area (Å²) in [6.07, 6.45) is 4.31. The lowest BCUT2D eigenvalue weighted by Gasteiger charge is -2.16. The lowest BCUT2D eigenvalue weighted by atomic mass is 9.90. The van der Waals surface area contributed by atoms with E-state index in [1.807, 2.05) is 6.07 Å². The van der Waals surface area contributed by atoms with Crippen molar-refractivity contribution in [1.82, 2.24) is 10.2 Å². The number of carbonyl (C=O) groups excluding carboxylic acids is 1. The largest absolute Gasteiger partial charge is 0.490 e. The summed E-state index contributed by atoms with van der Waals surface area (Å²) in [5.74, 6) is 2.62. The average molecular weight is 458 g/mol. The Bertz CT molecular complexity index is 1090. The average Bonchev–Trinajstić information content (AvgIpc) is 3.33. The van der Waals surface area contributed by atoms with Gasteiger partial charge in [-0.3, -0.25) is 4.79 Å². The number of rotatable bonds is 5. The minimum absolute atomic E-state index is 0.153. The summed E-state index contributed by atoms with van der Waals surface area (Å²) in [5, 5.41) is 11.5. The lowest BCUT2D eigenvalue weighted by Crippen LogP contribution is -2.14. The van der Waals surface area contributed by atoms with Crippen LogP contribution in [0, 0.1) is 5.92 Å². The number of fused-ring (bicyclic) bond motifs is 2. The second kappa shape index (κ2) is 8.92. The smallest absolute Gasteiger partial charge is 0.277 e. The van der Waals surface area contributed by atoms with Crippen molar-refractivity contribution in [2.45, 2.75) is 37.8 Å². The quantitative estimate of drug-likeness (QED) is 0.550. The summed E-state index contributed by atoms with van der Waals surface area (Å²) < 4.78 is 17.1. The summed E-state index contributed by atoms with van der Waals surface area (Å²) >= 11 is 2.96. The molecule has 162 valence electrons. The maximum atomic E-state index is 12.4. The van der Waals surface area contributed by atoms with Crippen LogP contribution in [0.25, 0.3) is 10.8 Å². The van der Waals surface area contributed by atoms with Crippen molar-refractivity contribution in [3.8, 4) is 22.3 Å². The molecule has 1 aliphatic heterocycles. The molecule has 1 N–H and O–H groups in total. The van der Waals surface area contributed by atoms with Gasteiger partial charge in [0.25, 0.3) is 11.1 Å². The number of nitrogens with zero attached hydrogens (tertiary/aromatic N) is 2. The maximum Gasteiger partial charge on any atom is 0.277 e. The van der Waals surface area contributed by atoms with E-state index in [2.05, 4.69) is 28.5 Å². The van der Waals surface area contributed by atoms with E-state index in [0.29, 0.717) is 41.5 Å². The van der Waals surface area contributed by atoms with Crippen molar-refractivity contribution in [2.24, 2.45) is 5.92 Å². The third-order valence-electron chi connectivity index (χ3n) is 5.30. The normalized spacial score (nSPS) is 17.6. The fourth-order valence-electron chi connectivity index (χ4n) is 3.74. The van der Waals surface area contributed by atoms with Crippen molar-refractivity contribution in [3.05, 3.63) is 34.7 Å². The molecule has 7 nitrogen and oxygen atoms in total. The van der Waals surface area contributed by atoms with Crippen LogP contribution in [0.2, 0.25) is 0 Å². The summed E-state index contributed by atoms with van der Waals surface area (Å²) in [7, 11) is 0. The summed E-state index contributed by atoms with van der Waals surface area (Å²) in [6, 6.07) is 7.58. The molecule has 0 fully saturated rings. The fourth-order valence-corrected chi connectivity index (χ4v) is 5.44. The maximum absolute atomic E-state index is 12.4. The van der Waals surface area contributed by atoms with Crippen LogP contribution >= 0.6 is 23.1 Å². The van der Waals surface area contributed by atoms with Crippen LogP contribution in [0.15, 0.2) is 33.9 Å². The van der Waals surface area contributed by atoms with Gasteiger partial charge in [0.1, 0.15) is 0 Å². The molecular formula is C22H23N3O4S2. The van der Waals surface area contributed by atoms with Gasteiger partial charge in [0.15, 0.2) is 11.5 Å². The zero-order chi connectivity index (χ0) is 21.2. The molecular weight excluding hydrogens is 434 g/mol. The fraction of sp³-hybridized carbons (Fsp3) is 0.409. The molecule has 1 aliphatic carbocycles. The predicted octanol–water partition coefficient (Wildman–Crippen LogP) is 4.82. The number of hydrogen-bond acceptors (Lipinski definition) is 8. The summed E-state index contributed by atoms with van der Waals surface area (Å²) in [4.78, 5) is 14.8. The highest BCUT2D eigenvalue weighted by Crippen LogP contribution is 2.37. The van der Waals surface area contributed by atoms with E-state index in [9.17, 15) is 4.79 Å². The van der Waals surface area contributed by atoms with Gasteiger partial charge in [0.2, 0.25) is 5.91 Å². The third-order valence-corrected chi connectivity index (χ3v) is 7.35. The number of thioether (sulfide) groups is 1. The number of ether oxygens (including phenoxy) is 2. The van der Waals surface area contributed by atoms with Gasteiger partial charge in [0, 0.05) is 23.1 Å². The third kappa shape index (κ3) is 4.72. The Kier molecular flexibility index (Phi) is 5.87. The molecule has 0 saturated heterocycles. The molecule has 1 amide bonds. The first kappa shape index (κ1) is 20.4. The minimum Gasteiger partial charge on any atom is -0.490 e. The summed E-state index contributed by atoms with van der Waals surface area (Å²) in [5.41, 5.74) is 2.07. The van der Waals surface area contributed by atoms with Crippen LogP contribution in [0.4, 0.5) is 5.69 Å². The number of aryl methyl sites for hydroxylation is 1. The zero-order valence-corrected chi connectivity index (χ0v) is 18.8. The standard InChI is InChI=1S/C22H23N3O4S2/c1-13-3-6-18-14(9-13)10-19(31-18)21-24-25-22(29-21)30-12-20(26)23-15-4-5-16-17(11-15)28-8-2-7-27-16/h4-5,10-11,13H,2-3,6-9,12H2,1H3,(H,23,26). The van der Waals surface area contributed by atoms with Gasteiger partial charge in [-0.2, -0.15) is 0 Å².